The van der Waals surface area contributed by atoms with E-state index in [1.54, 1.807) is 13.2 Å². The SMILES string of the molecule is C=CCNC(=O)CCc1c(C)nc2cc(C3CCN(Cc4ccc(OC)cc4)CC3)nn2c1C. The third-order valence-corrected chi connectivity index (χ3v) is 6.80. The smallest absolute Gasteiger partial charge is 0.220 e. The maximum absolute atomic E-state index is 12.0. The number of piperidine rings is 1. The summed E-state index contributed by atoms with van der Waals surface area (Å²) in [5.41, 5.74) is 6.48. The molecule has 0 radical (unpaired) electrons. The van der Waals surface area contributed by atoms with Crippen LogP contribution in [0.5, 0.6) is 5.75 Å². The van der Waals surface area contributed by atoms with Crippen molar-refractivity contribution in [3.8, 4) is 5.75 Å². The first-order valence-corrected chi connectivity index (χ1v) is 12.1. The van der Waals surface area contributed by atoms with E-state index in [9.17, 15) is 4.79 Å². The van der Waals surface area contributed by atoms with E-state index in [0.29, 0.717) is 25.3 Å². The molecule has 34 heavy (non-hydrogen) atoms. The number of aromatic nitrogens is 3. The van der Waals surface area contributed by atoms with E-state index >= 15 is 0 Å². The van der Waals surface area contributed by atoms with Crippen molar-refractivity contribution in [2.75, 3.05) is 26.7 Å². The zero-order valence-corrected chi connectivity index (χ0v) is 20.5. The molecule has 3 aromatic rings. The summed E-state index contributed by atoms with van der Waals surface area (Å²) in [4.78, 5) is 19.4. The standard InChI is InChI=1S/C27H35N5O2/c1-5-14-28-27(33)11-10-24-19(2)29-26-17-25(30-32(26)20(24)3)22-12-15-31(16-13-22)18-21-6-8-23(34-4)9-7-21/h5-9,17,22H,1,10-16,18H2,2-4H3,(H,28,33). The van der Waals surface area contributed by atoms with Crippen LogP contribution in [0.25, 0.3) is 5.65 Å². The molecule has 0 saturated carbocycles. The van der Waals surface area contributed by atoms with E-state index in [-0.39, 0.29) is 5.91 Å². The van der Waals surface area contributed by atoms with Crippen LogP contribution in [0.1, 0.15) is 53.4 Å². The van der Waals surface area contributed by atoms with Crippen LogP contribution < -0.4 is 10.1 Å². The van der Waals surface area contributed by atoms with Crippen molar-refractivity contribution in [2.24, 2.45) is 0 Å². The van der Waals surface area contributed by atoms with E-state index in [0.717, 1.165) is 66.5 Å². The molecule has 1 saturated heterocycles. The van der Waals surface area contributed by atoms with Crippen LogP contribution in [0.2, 0.25) is 0 Å². The summed E-state index contributed by atoms with van der Waals surface area (Å²) in [5, 5.41) is 7.79. The van der Waals surface area contributed by atoms with Gasteiger partial charge < -0.3 is 10.1 Å². The number of fused-ring (bicyclic) bond motifs is 1. The lowest BCUT2D eigenvalue weighted by Crippen LogP contribution is -2.32. The lowest BCUT2D eigenvalue weighted by atomic mass is 9.93. The minimum Gasteiger partial charge on any atom is -0.497 e. The summed E-state index contributed by atoms with van der Waals surface area (Å²) in [6.45, 7) is 11.3. The van der Waals surface area contributed by atoms with Gasteiger partial charge in [-0.1, -0.05) is 18.2 Å². The zero-order chi connectivity index (χ0) is 24.1. The number of nitrogens with zero attached hydrogens (tertiary/aromatic N) is 4. The van der Waals surface area contributed by atoms with Gasteiger partial charge in [0.1, 0.15) is 5.75 Å². The molecule has 7 nitrogen and oxygen atoms in total. The Kier molecular flexibility index (Phi) is 7.63. The fourth-order valence-electron chi connectivity index (χ4n) is 4.79. The molecule has 0 aliphatic carbocycles. The average Bonchev–Trinajstić information content (AvgIpc) is 3.27. The van der Waals surface area contributed by atoms with E-state index in [1.807, 2.05) is 23.6 Å². The minimum atomic E-state index is 0.0290. The molecular weight excluding hydrogens is 426 g/mol. The molecule has 3 heterocycles. The van der Waals surface area contributed by atoms with Gasteiger partial charge in [0.2, 0.25) is 5.91 Å². The number of hydrogen-bond acceptors (Lipinski definition) is 5. The van der Waals surface area contributed by atoms with Crippen molar-refractivity contribution < 1.29 is 9.53 Å². The Labute approximate surface area is 201 Å². The van der Waals surface area contributed by atoms with Crippen LogP contribution in [0.15, 0.2) is 43.0 Å². The summed E-state index contributed by atoms with van der Waals surface area (Å²) in [7, 11) is 1.70. The predicted octanol–water partition coefficient (Wildman–Crippen LogP) is 3.97. The summed E-state index contributed by atoms with van der Waals surface area (Å²) in [6.07, 6.45) is 4.96. The topological polar surface area (TPSA) is 71.8 Å². The Morgan fingerprint density at radius 3 is 2.65 bits per heavy atom. The van der Waals surface area contributed by atoms with Crippen LogP contribution in [0.4, 0.5) is 0 Å². The second-order valence-electron chi connectivity index (χ2n) is 9.09. The summed E-state index contributed by atoms with van der Waals surface area (Å²) in [6, 6.07) is 10.5. The fourth-order valence-corrected chi connectivity index (χ4v) is 4.79. The molecule has 0 unspecified atom stereocenters. The summed E-state index contributed by atoms with van der Waals surface area (Å²) in [5.74, 6) is 1.37. The van der Waals surface area contributed by atoms with Crippen molar-refractivity contribution in [2.45, 2.75) is 52.0 Å². The van der Waals surface area contributed by atoms with Crippen molar-refractivity contribution in [1.82, 2.24) is 24.8 Å². The quantitative estimate of drug-likeness (QED) is 0.488. The number of ether oxygens (including phenoxy) is 1. The molecule has 1 N–H and O–H groups in total. The Hall–Kier alpha value is -3.19. The van der Waals surface area contributed by atoms with Gasteiger partial charge in [-0.3, -0.25) is 9.69 Å². The maximum Gasteiger partial charge on any atom is 0.220 e. The second-order valence-corrected chi connectivity index (χ2v) is 9.09. The minimum absolute atomic E-state index is 0.0290. The number of amides is 1. The van der Waals surface area contributed by atoms with Crippen LogP contribution in [-0.2, 0) is 17.8 Å². The van der Waals surface area contributed by atoms with Gasteiger partial charge in [0.25, 0.3) is 0 Å². The molecule has 0 atom stereocenters. The molecule has 7 heteroatoms. The van der Waals surface area contributed by atoms with Gasteiger partial charge in [-0.15, -0.1) is 6.58 Å². The molecule has 0 spiro atoms. The third kappa shape index (κ3) is 5.47. The molecule has 2 aromatic heterocycles. The summed E-state index contributed by atoms with van der Waals surface area (Å²) < 4.78 is 7.22. The highest BCUT2D eigenvalue weighted by molar-refractivity contribution is 5.76. The molecule has 4 rings (SSSR count). The first-order chi connectivity index (χ1) is 16.5. The maximum atomic E-state index is 12.0. The Morgan fingerprint density at radius 1 is 1.24 bits per heavy atom. The number of carbonyl (C=O) groups excluding carboxylic acids is 1. The van der Waals surface area contributed by atoms with E-state index < -0.39 is 0 Å². The van der Waals surface area contributed by atoms with Crippen LogP contribution in [0, 0.1) is 13.8 Å². The Balaban J connectivity index is 1.40. The molecule has 0 bridgehead atoms. The average molecular weight is 462 g/mol. The molecular formula is C27H35N5O2. The largest absolute Gasteiger partial charge is 0.497 e. The van der Waals surface area contributed by atoms with E-state index in [1.165, 1.54) is 5.56 Å². The molecule has 1 fully saturated rings. The number of methoxy groups -OCH3 is 1. The molecule has 1 aliphatic heterocycles. The van der Waals surface area contributed by atoms with E-state index in [2.05, 4.69) is 41.9 Å². The van der Waals surface area contributed by atoms with Crippen LogP contribution in [-0.4, -0.2) is 52.1 Å². The summed E-state index contributed by atoms with van der Waals surface area (Å²) >= 11 is 0. The lowest BCUT2D eigenvalue weighted by molar-refractivity contribution is -0.120. The van der Waals surface area contributed by atoms with Crippen molar-refractivity contribution in [3.63, 3.8) is 0 Å². The first-order valence-electron chi connectivity index (χ1n) is 12.1. The monoisotopic (exact) mass is 461 g/mol. The Bertz CT molecular complexity index is 1140. The van der Waals surface area contributed by atoms with Gasteiger partial charge >= 0.3 is 0 Å². The van der Waals surface area contributed by atoms with Crippen molar-refractivity contribution in [3.05, 3.63) is 71.2 Å². The normalized spacial score (nSPS) is 14.9. The highest BCUT2D eigenvalue weighted by Gasteiger charge is 2.24. The zero-order valence-electron chi connectivity index (χ0n) is 20.5. The predicted molar refractivity (Wildman–Crippen MR) is 134 cm³/mol. The highest BCUT2D eigenvalue weighted by Crippen LogP contribution is 2.29. The number of nitrogens with one attached hydrogen (secondary N) is 1. The second kappa shape index (κ2) is 10.8. The van der Waals surface area contributed by atoms with Gasteiger partial charge in [0, 0.05) is 42.9 Å². The third-order valence-electron chi connectivity index (χ3n) is 6.80. The Morgan fingerprint density at radius 2 is 1.97 bits per heavy atom. The van der Waals surface area contributed by atoms with Crippen LogP contribution in [0.3, 0.4) is 0 Å². The number of hydrogen-bond donors (Lipinski definition) is 1. The lowest BCUT2D eigenvalue weighted by Gasteiger charge is -2.31. The van der Waals surface area contributed by atoms with Gasteiger partial charge in [0.05, 0.1) is 12.8 Å². The molecule has 1 aromatic carbocycles. The number of aryl methyl sites for hydroxylation is 2. The van der Waals surface area contributed by atoms with Gasteiger partial charge in [-0.05, 0) is 69.5 Å². The molecule has 1 aliphatic rings. The first kappa shape index (κ1) is 24.0. The number of rotatable bonds is 9. The number of benzene rings is 1. The molecule has 1 amide bonds. The van der Waals surface area contributed by atoms with Crippen molar-refractivity contribution in [1.29, 1.82) is 0 Å². The fraction of sp³-hybridized carbons (Fsp3) is 0.444. The van der Waals surface area contributed by atoms with Crippen molar-refractivity contribution >= 4 is 11.6 Å². The van der Waals surface area contributed by atoms with Gasteiger partial charge in [-0.2, -0.15) is 5.10 Å². The van der Waals surface area contributed by atoms with E-state index in [4.69, 9.17) is 14.8 Å². The van der Waals surface area contributed by atoms with Gasteiger partial charge in [0.15, 0.2) is 5.65 Å². The molecule has 180 valence electrons. The van der Waals surface area contributed by atoms with Gasteiger partial charge in [-0.25, -0.2) is 9.50 Å². The number of likely N-dealkylation sites (tertiary alicyclic amines) is 1. The van der Waals surface area contributed by atoms with Crippen LogP contribution >= 0.6 is 0 Å². The number of carbonyl (C=O) groups is 1. The highest BCUT2D eigenvalue weighted by atomic mass is 16.5.